The van der Waals surface area contributed by atoms with Gasteiger partial charge in [0.05, 0.1) is 19.8 Å². The molecule has 1 atom stereocenters. The van der Waals surface area contributed by atoms with Gasteiger partial charge in [0.25, 0.3) is 5.56 Å². The Balaban J connectivity index is 2.08. The predicted molar refractivity (Wildman–Crippen MR) is 121 cm³/mol. The van der Waals surface area contributed by atoms with Gasteiger partial charge in [-0.1, -0.05) is 41.9 Å². The second-order valence-corrected chi connectivity index (χ2v) is 7.60. The molecule has 3 aromatic rings. The van der Waals surface area contributed by atoms with Crippen molar-refractivity contribution in [3.8, 4) is 17.0 Å². The number of benzene rings is 2. The van der Waals surface area contributed by atoms with Crippen LogP contribution in [0.1, 0.15) is 35.3 Å². The molecule has 0 amide bonds. The molecule has 1 heterocycles. The summed E-state index contributed by atoms with van der Waals surface area (Å²) in [4.78, 5) is 37.7. The van der Waals surface area contributed by atoms with Gasteiger partial charge in [0.1, 0.15) is 0 Å². The van der Waals surface area contributed by atoms with Crippen molar-refractivity contribution in [1.29, 1.82) is 0 Å². The van der Waals surface area contributed by atoms with E-state index in [4.69, 9.17) is 21.1 Å². The topological polar surface area (TPSA) is 87.5 Å². The van der Waals surface area contributed by atoms with Crippen molar-refractivity contribution in [2.24, 2.45) is 0 Å². The van der Waals surface area contributed by atoms with E-state index in [1.807, 2.05) is 30.3 Å². The molecule has 0 saturated heterocycles. The Morgan fingerprint density at radius 1 is 1.06 bits per heavy atom. The number of carbonyl (C=O) groups excluding carboxylic acids is 2. The van der Waals surface area contributed by atoms with Gasteiger partial charge in [-0.25, -0.2) is 9.48 Å². The number of nitrogens with zero attached hydrogens (tertiary/aromatic N) is 2. The largest absolute Gasteiger partial charge is 0.480 e. The Labute approximate surface area is 190 Å². The Bertz CT molecular complexity index is 1190. The van der Waals surface area contributed by atoms with E-state index in [2.05, 4.69) is 5.10 Å². The average Bonchev–Trinajstić information content (AvgIpc) is 2.79. The van der Waals surface area contributed by atoms with E-state index >= 15 is 0 Å². The van der Waals surface area contributed by atoms with Gasteiger partial charge < -0.3 is 9.47 Å². The maximum absolute atomic E-state index is 13.0. The number of halogens is 1. The quantitative estimate of drug-likeness (QED) is 0.376. The number of methoxy groups -OCH3 is 2. The van der Waals surface area contributed by atoms with Crippen molar-refractivity contribution in [3.63, 3.8) is 0 Å². The fourth-order valence-electron chi connectivity index (χ4n) is 3.49. The number of hydrogen-bond donors (Lipinski definition) is 0. The minimum Gasteiger partial charge on any atom is -0.480 e. The smallest absolute Gasteiger partial charge is 0.330 e. The third kappa shape index (κ3) is 5.06. The number of aryl methyl sites for hydroxylation is 1. The molecular formula is C24H23ClN2O5. The van der Waals surface area contributed by atoms with Gasteiger partial charge in [-0.3, -0.25) is 9.59 Å². The summed E-state index contributed by atoms with van der Waals surface area (Å²) in [5.74, 6) is -0.696. The maximum atomic E-state index is 13.0. The summed E-state index contributed by atoms with van der Waals surface area (Å²) in [6.07, 6.45) is 0.851. The lowest BCUT2D eigenvalue weighted by Crippen LogP contribution is -2.33. The minimum absolute atomic E-state index is 0.0861. The van der Waals surface area contributed by atoms with Crippen molar-refractivity contribution >= 4 is 23.4 Å². The normalized spacial score (nSPS) is 11.6. The monoisotopic (exact) mass is 454 g/mol. The zero-order valence-electron chi connectivity index (χ0n) is 18.0. The van der Waals surface area contributed by atoms with Crippen LogP contribution in [0.5, 0.6) is 5.88 Å². The van der Waals surface area contributed by atoms with Crippen molar-refractivity contribution in [2.75, 3.05) is 14.2 Å². The van der Waals surface area contributed by atoms with E-state index < -0.39 is 17.6 Å². The fourth-order valence-corrected chi connectivity index (χ4v) is 3.66. The summed E-state index contributed by atoms with van der Waals surface area (Å²) in [7, 11) is 2.66. The van der Waals surface area contributed by atoms with Crippen LogP contribution in [0.15, 0.2) is 59.4 Å². The van der Waals surface area contributed by atoms with Crippen LogP contribution in [0.25, 0.3) is 11.1 Å². The highest BCUT2D eigenvalue weighted by Gasteiger charge is 2.26. The maximum Gasteiger partial charge on any atom is 0.330 e. The summed E-state index contributed by atoms with van der Waals surface area (Å²) < 4.78 is 11.4. The molecule has 0 unspecified atom stereocenters. The highest BCUT2D eigenvalue weighted by atomic mass is 35.5. The molecule has 0 aliphatic rings. The summed E-state index contributed by atoms with van der Waals surface area (Å²) in [5.41, 5.74) is 1.60. The molecule has 0 fully saturated rings. The molecule has 0 bridgehead atoms. The zero-order chi connectivity index (χ0) is 23.3. The van der Waals surface area contributed by atoms with Crippen molar-refractivity contribution < 1.29 is 19.1 Å². The van der Waals surface area contributed by atoms with Crippen LogP contribution in [-0.4, -0.2) is 35.8 Å². The minimum atomic E-state index is -0.942. The highest BCUT2D eigenvalue weighted by molar-refractivity contribution is 6.31. The Kier molecular flexibility index (Phi) is 7.43. The third-order valence-corrected chi connectivity index (χ3v) is 5.32. The molecule has 0 radical (unpaired) electrons. The Hall–Kier alpha value is -3.45. The van der Waals surface area contributed by atoms with Crippen LogP contribution in [0, 0.1) is 0 Å². The van der Waals surface area contributed by atoms with Crippen LogP contribution in [0.2, 0.25) is 5.02 Å². The number of aromatic nitrogens is 2. The summed E-state index contributed by atoms with van der Waals surface area (Å²) >= 11 is 6.13. The number of ketones is 1. The highest BCUT2D eigenvalue weighted by Crippen LogP contribution is 2.32. The number of rotatable bonds is 8. The third-order valence-electron chi connectivity index (χ3n) is 5.08. The second-order valence-electron chi connectivity index (χ2n) is 7.16. The average molecular weight is 455 g/mol. The van der Waals surface area contributed by atoms with Gasteiger partial charge in [0, 0.05) is 16.7 Å². The number of hydrogen-bond acceptors (Lipinski definition) is 6. The van der Waals surface area contributed by atoms with Gasteiger partial charge in [0.15, 0.2) is 11.8 Å². The van der Waals surface area contributed by atoms with Crippen molar-refractivity contribution in [3.05, 3.63) is 81.1 Å². The van der Waals surface area contributed by atoms with E-state index in [9.17, 15) is 14.4 Å². The van der Waals surface area contributed by atoms with E-state index in [0.717, 1.165) is 10.2 Å². The van der Waals surface area contributed by atoms with E-state index in [1.165, 1.54) is 27.2 Å². The molecule has 0 aliphatic heterocycles. The summed E-state index contributed by atoms with van der Waals surface area (Å²) in [6.45, 7) is 1.42. The summed E-state index contributed by atoms with van der Waals surface area (Å²) in [5, 5.41) is 4.70. The molecule has 166 valence electrons. The van der Waals surface area contributed by atoms with Crippen LogP contribution < -0.4 is 10.3 Å². The molecule has 0 aliphatic carbocycles. The standard InChI is InChI=1S/C24H23ClN2O5/c1-15(28)18-11-10-17(25)13-19(18)20-14-22(29)27(26-23(20)31-2)21(24(30)32-3)12-9-16-7-5-4-6-8-16/h4-8,10-11,13-14,21H,9,12H2,1-3H3/t21-/m0/s1. The van der Waals surface area contributed by atoms with Crippen LogP contribution in [0.3, 0.4) is 0 Å². The molecule has 0 spiro atoms. The Morgan fingerprint density at radius 2 is 1.78 bits per heavy atom. The van der Waals surface area contributed by atoms with Gasteiger partial charge in [-0.05, 0) is 49.1 Å². The lowest BCUT2D eigenvalue weighted by molar-refractivity contribution is -0.145. The number of ether oxygens (including phenoxy) is 2. The first-order valence-corrected chi connectivity index (χ1v) is 10.3. The van der Waals surface area contributed by atoms with Gasteiger partial charge >= 0.3 is 5.97 Å². The molecular weight excluding hydrogens is 432 g/mol. The lowest BCUT2D eigenvalue weighted by Gasteiger charge is -2.19. The first kappa shape index (κ1) is 23.2. The number of carbonyl (C=O) groups is 2. The van der Waals surface area contributed by atoms with Gasteiger partial charge in [0.2, 0.25) is 5.88 Å². The van der Waals surface area contributed by atoms with E-state index in [0.29, 0.717) is 34.6 Å². The molecule has 8 heteroatoms. The predicted octanol–water partition coefficient (Wildman–Crippen LogP) is 4.12. The van der Waals surface area contributed by atoms with Gasteiger partial charge in [-0.15, -0.1) is 5.10 Å². The molecule has 2 aromatic carbocycles. The number of Topliss-reactive ketones (excluding diaryl/α,β-unsaturated/α-hetero) is 1. The summed E-state index contributed by atoms with van der Waals surface area (Å²) in [6, 6.07) is 14.7. The second kappa shape index (κ2) is 10.2. The molecule has 1 aromatic heterocycles. The van der Waals surface area contributed by atoms with Crippen LogP contribution in [0.4, 0.5) is 0 Å². The molecule has 0 saturated carbocycles. The fraction of sp³-hybridized carbons (Fsp3) is 0.250. The number of esters is 1. The zero-order valence-corrected chi connectivity index (χ0v) is 18.8. The molecule has 3 rings (SSSR count). The van der Waals surface area contributed by atoms with Crippen molar-refractivity contribution in [2.45, 2.75) is 25.8 Å². The van der Waals surface area contributed by atoms with E-state index in [-0.39, 0.29) is 11.7 Å². The van der Waals surface area contributed by atoms with Gasteiger partial charge in [-0.2, -0.15) is 0 Å². The first-order chi connectivity index (χ1) is 15.3. The lowest BCUT2D eigenvalue weighted by atomic mass is 9.98. The SMILES string of the molecule is COC(=O)[C@H](CCc1ccccc1)n1nc(OC)c(-c2cc(Cl)ccc2C(C)=O)cc1=O. The van der Waals surface area contributed by atoms with Crippen LogP contribution in [-0.2, 0) is 16.0 Å². The Morgan fingerprint density at radius 3 is 2.41 bits per heavy atom. The first-order valence-electron chi connectivity index (χ1n) is 9.96. The molecule has 7 nitrogen and oxygen atoms in total. The molecule has 32 heavy (non-hydrogen) atoms. The van der Waals surface area contributed by atoms with Crippen molar-refractivity contribution in [1.82, 2.24) is 9.78 Å². The molecule has 0 N–H and O–H groups in total. The van der Waals surface area contributed by atoms with E-state index in [1.54, 1.807) is 18.2 Å². The van der Waals surface area contributed by atoms with Crippen LogP contribution >= 0.6 is 11.6 Å².